The molecular formula is C29H37B2N3O10S2. The minimum Gasteiger partial charge on any atom is -0.513 e. The van der Waals surface area contributed by atoms with Crippen molar-refractivity contribution in [2.75, 3.05) is 56.5 Å². The maximum Gasteiger partial charge on any atom is 0.489 e. The number of hydrogen-bond donors (Lipinski definition) is 1. The van der Waals surface area contributed by atoms with Crippen LogP contribution in [0.1, 0.15) is 25.0 Å². The van der Waals surface area contributed by atoms with Crippen molar-refractivity contribution in [2.45, 2.75) is 38.1 Å². The molecule has 3 rings (SSSR count). The van der Waals surface area contributed by atoms with Gasteiger partial charge < -0.3 is 34.1 Å². The van der Waals surface area contributed by atoms with Crippen molar-refractivity contribution in [2.24, 2.45) is 11.1 Å². The van der Waals surface area contributed by atoms with E-state index in [4.69, 9.17) is 45.3 Å². The van der Waals surface area contributed by atoms with Gasteiger partial charge in [-0.3, -0.25) is 9.00 Å². The summed E-state index contributed by atoms with van der Waals surface area (Å²) in [6, 6.07) is 11.8. The Morgan fingerprint density at radius 2 is 1.74 bits per heavy atom. The van der Waals surface area contributed by atoms with Crippen molar-refractivity contribution in [1.29, 1.82) is 0 Å². The number of nitrogens with two attached hydrogens (primary N) is 1. The first-order valence-corrected chi connectivity index (χ1v) is 16.7. The molecule has 1 heterocycles. The van der Waals surface area contributed by atoms with E-state index in [1.165, 1.54) is 23.1 Å². The number of amides is 1. The third-order valence-corrected chi connectivity index (χ3v) is 8.80. The fraction of sp³-hybridized carbons (Fsp3) is 0.483. The number of rotatable bonds is 15. The number of nitrogens with zero attached hydrogens (tertiary/aromatic N) is 2. The Bertz CT molecular complexity index is 1350. The van der Waals surface area contributed by atoms with E-state index >= 15 is 0 Å². The molecule has 0 bridgehead atoms. The third kappa shape index (κ3) is 11.8. The number of morpholine rings is 1. The van der Waals surface area contributed by atoms with Gasteiger partial charge in [0.15, 0.2) is 6.73 Å². The number of hydrogen-bond acceptors (Lipinski definition) is 13. The van der Waals surface area contributed by atoms with Gasteiger partial charge >= 0.3 is 20.3 Å². The fourth-order valence-electron chi connectivity index (χ4n) is 4.04. The molecule has 4 radical (unpaired) electrons. The van der Waals surface area contributed by atoms with Gasteiger partial charge in [-0.05, 0) is 47.3 Å². The quantitative estimate of drug-likeness (QED) is 0.0968. The molecule has 2 unspecified atom stereocenters. The first kappa shape index (κ1) is 37.2. The average Bonchev–Trinajstić information content (AvgIpc) is 3.03. The van der Waals surface area contributed by atoms with Crippen molar-refractivity contribution in [3.05, 3.63) is 53.6 Å². The van der Waals surface area contributed by atoms with Crippen molar-refractivity contribution in [3.63, 3.8) is 0 Å². The van der Waals surface area contributed by atoms with Crippen LogP contribution in [0, 0.1) is 5.41 Å². The number of anilines is 1. The van der Waals surface area contributed by atoms with E-state index < -0.39 is 40.4 Å². The molecule has 46 heavy (non-hydrogen) atoms. The molecule has 1 aliphatic rings. The topological polar surface area (TPSA) is 156 Å². The molecule has 0 saturated carbocycles. The van der Waals surface area contributed by atoms with Crippen LogP contribution in [0.3, 0.4) is 0 Å². The van der Waals surface area contributed by atoms with Crippen LogP contribution < -0.4 is 15.4 Å². The lowest BCUT2D eigenvalue weighted by Gasteiger charge is -2.34. The van der Waals surface area contributed by atoms with Crippen LogP contribution in [0.25, 0.3) is 0 Å². The van der Waals surface area contributed by atoms with Gasteiger partial charge in [-0.15, -0.1) is 0 Å². The molecule has 13 nitrogen and oxygen atoms in total. The summed E-state index contributed by atoms with van der Waals surface area (Å²) in [5.74, 6) is -0.417. The average molecular weight is 673 g/mol. The molecule has 0 spiro atoms. The van der Waals surface area contributed by atoms with Crippen LogP contribution in [0.4, 0.5) is 20.1 Å². The number of ether oxygens (including phenoxy) is 5. The summed E-state index contributed by atoms with van der Waals surface area (Å²) in [7, 11) is 8.69. The molecule has 2 atom stereocenters. The first-order valence-electron chi connectivity index (χ1n) is 14.2. The summed E-state index contributed by atoms with van der Waals surface area (Å²) >= 11 is 1.41. The van der Waals surface area contributed by atoms with Crippen LogP contribution in [-0.2, 0) is 47.6 Å². The molecule has 0 aliphatic carbocycles. The van der Waals surface area contributed by atoms with Crippen LogP contribution in [0.15, 0.2) is 47.4 Å². The summed E-state index contributed by atoms with van der Waals surface area (Å²) in [5.41, 5.74) is 7.07. The molecule has 0 aromatic heterocycles. The highest BCUT2D eigenvalue weighted by Crippen LogP contribution is 2.35. The SMILES string of the molecule is [B]OC(=O)OCc1ccc(OCN(C(=O)OC(CS(C)=O)C(C)(C)CN)c2ccc(COC([B])=O)cc2SN2CCOCC2)cc1. The van der Waals surface area contributed by atoms with Crippen molar-refractivity contribution in [1.82, 2.24) is 4.31 Å². The Morgan fingerprint density at radius 1 is 1.09 bits per heavy atom. The van der Waals surface area contributed by atoms with Gasteiger partial charge in [0.1, 0.15) is 25.1 Å². The highest BCUT2D eigenvalue weighted by atomic mass is 32.2. The minimum absolute atomic E-state index is 0.0681. The fourth-order valence-corrected chi connectivity index (χ4v) is 6.07. The normalized spacial score (nSPS) is 14.9. The summed E-state index contributed by atoms with van der Waals surface area (Å²) in [4.78, 5) is 38.4. The first-order chi connectivity index (χ1) is 21.9. The molecule has 1 saturated heterocycles. The zero-order chi connectivity index (χ0) is 33.7. The van der Waals surface area contributed by atoms with E-state index in [2.05, 4.69) is 8.96 Å². The predicted octanol–water partition coefficient (Wildman–Crippen LogP) is 3.28. The van der Waals surface area contributed by atoms with Crippen molar-refractivity contribution < 1.29 is 46.9 Å². The van der Waals surface area contributed by atoms with Gasteiger partial charge in [0.25, 0.3) is 0 Å². The minimum atomic E-state index is -1.28. The molecule has 2 N–H and O–H groups in total. The van der Waals surface area contributed by atoms with Crippen LogP contribution in [0.5, 0.6) is 5.75 Å². The van der Waals surface area contributed by atoms with Gasteiger partial charge in [0.05, 0.1) is 24.7 Å². The smallest absolute Gasteiger partial charge is 0.489 e. The van der Waals surface area contributed by atoms with Gasteiger partial charge in [0, 0.05) is 47.0 Å². The Balaban J connectivity index is 1.95. The summed E-state index contributed by atoms with van der Waals surface area (Å²) in [6.45, 7) is 5.82. The van der Waals surface area contributed by atoms with Crippen LogP contribution >= 0.6 is 11.9 Å². The second-order valence-electron chi connectivity index (χ2n) is 10.8. The van der Waals surface area contributed by atoms with Crippen LogP contribution in [-0.4, -0.2) is 100 Å². The predicted molar refractivity (Wildman–Crippen MR) is 174 cm³/mol. The molecule has 17 heteroatoms. The lowest BCUT2D eigenvalue weighted by Crippen LogP contribution is -2.46. The van der Waals surface area contributed by atoms with Gasteiger partial charge in [-0.2, -0.15) is 0 Å². The zero-order valence-corrected chi connectivity index (χ0v) is 27.6. The molecule has 246 valence electrons. The Labute approximate surface area is 278 Å². The highest BCUT2D eigenvalue weighted by molar-refractivity contribution is 7.97. The van der Waals surface area contributed by atoms with E-state index in [0.717, 1.165) is 0 Å². The number of benzene rings is 2. The second-order valence-corrected chi connectivity index (χ2v) is 13.5. The van der Waals surface area contributed by atoms with E-state index in [9.17, 15) is 18.6 Å². The van der Waals surface area contributed by atoms with Crippen LogP contribution in [0.2, 0.25) is 0 Å². The van der Waals surface area contributed by atoms with E-state index in [-0.39, 0.29) is 32.2 Å². The zero-order valence-electron chi connectivity index (χ0n) is 26.0. The summed E-state index contributed by atoms with van der Waals surface area (Å²) in [6.07, 6.45) is -0.995. The largest absolute Gasteiger partial charge is 0.513 e. The molecule has 2 aromatic rings. The molecule has 1 amide bonds. The Kier molecular flexibility index (Phi) is 14.7. The summed E-state index contributed by atoms with van der Waals surface area (Å²) in [5, 5.41) is 0. The van der Waals surface area contributed by atoms with Crippen molar-refractivity contribution >= 4 is 62.4 Å². The lowest BCUT2D eigenvalue weighted by molar-refractivity contribution is 0.0437. The Hall–Kier alpha value is -3.24. The third-order valence-electron chi connectivity index (χ3n) is 6.88. The van der Waals surface area contributed by atoms with E-state index in [0.29, 0.717) is 53.8 Å². The molecule has 2 aromatic carbocycles. The Morgan fingerprint density at radius 3 is 2.35 bits per heavy atom. The highest BCUT2D eigenvalue weighted by Gasteiger charge is 2.35. The standard InChI is InChI=1S/C29H37B2N3O10S2/c1-29(2,18-32)25(17-46(3)38)43-27(36)34(19-42-22-7-4-20(5-8-22)15-41-28(37)44-31)23-9-6-21(16-40-26(30)35)14-24(23)45-33-10-12-39-13-11-33/h4-9,14,25H,10-13,15-19,32H2,1-3H3. The maximum atomic E-state index is 14.0. The monoisotopic (exact) mass is 673 g/mol. The van der Waals surface area contributed by atoms with Gasteiger partial charge in [-0.25, -0.2) is 18.8 Å². The van der Waals surface area contributed by atoms with Gasteiger partial charge in [0.2, 0.25) is 13.7 Å². The van der Waals surface area contributed by atoms with E-state index in [1.807, 2.05) is 13.8 Å². The van der Waals surface area contributed by atoms with Gasteiger partial charge in [-0.1, -0.05) is 32.0 Å². The van der Waals surface area contributed by atoms with Crippen molar-refractivity contribution in [3.8, 4) is 5.75 Å². The maximum absolute atomic E-state index is 14.0. The second kappa shape index (κ2) is 18.2. The summed E-state index contributed by atoms with van der Waals surface area (Å²) < 4.78 is 45.7. The number of carbonyl (C=O) groups excluding carboxylic acids is 3. The van der Waals surface area contributed by atoms with E-state index in [1.54, 1.807) is 42.5 Å². The number of carbonyl (C=O) groups is 3. The molecule has 1 aliphatic heterocycles. The molecular weight excluding hydrogens is 636 g/mol. The molecule has 1 fully saturated rings. The lowest BCUT2D eigenvalue weighted by atomic mass is 9.87.